The quantitative estimate of drug-likeness (QED) is 0.633. The Labute approximate surface area is 158 Å². The van der Waals surface area contributed by atoms with Crippen LogP contribution in [-0.2, 0) is 23.0 Å². The third kappa shape index (κ3) is 4.27. The van der Waals surface area contributed by atoms with E-state index in [9.17, 15) is 12.8 Å². The molecule has 0 spiro atoms. The molecule has 0 aliphatic rings. The first-order valence-corrected chi connectivity index (χ1v) is 10.9. The van der Waals surface area contributed by atoms with Gasteiger partial charge in [-0.05, 0) is 36.2 Å². The molecule has 1 aromatic carbocycles. The van der Waals surface area contributed by atoms with E-state index in [1.165, 1.54) is 40.9 Å². The van der Waals surface area contributed by atoms with Gasteiger partial charge in [0.1, 0.15) is 15.0 Å². The molecule has 3 aromatic rings. The summed E-state index contributed by atoms with van der Waals surface area (Å²) < 4.78 is 40.7. The molecule has 0 radical (unpaired) electrons. The summed E-state index contributed by atoms with van der Waals surface area (Å²) >= 11 is 8.38. The highest BCUT2D eigenvalue weighted by molar-refractivity contribution is 7.91. The number of hydrogen-bond donors (Lipinski definition) is 1. The van der Waals surface area contributed by atoms with Gasteiger partial charge in [-0.15, -0.1) is 22.7 Å². The number of nitrogens with zero attached hydrogens (tertiary/aromatic N) is 1. The molecule has 0 fully saturated rings. The SMILES string of the molecule is CCc1csc(-c2ccc(S(=O)(=O)NCc3ccc(F)c(Cl)c3)s2)n1. The van der Waals surface area contributed by atoms with Crippen molar-refractivity contribution in [3.63, 3.8) is 0 Å². The number of thiazole rings is 1. The van der Waals surface area contributed by atoms with E-state index < -0.39 is 15.8 Å². The Morgan fingerprint density at radius 1 is 1.28 bits per heavy atom. The zero-order valence-corrected chi connectivity index (χ0v) is 16.3. The third-order valence-corrected chi connectivity index (χ3v) is 7.75. The van der Waals surface area contributed by atoms with Crippen LogP contribution in [0.3, 0.4) is 0 Å². The van der Waals surface area contributed by atoms with E-state index in [1.54, 1.807) is 12.1 Å². The molecule has 0 aliphatic heterocycles. The number of aromatic nitrogens is 1. The van der Waals surface area contributed by atoms with Gasteiger partial charge < -0.3 is 0 Å². The summed E-state index contributed by atoms with van der Waals surface area (Å²) in [6.07, 6.45) is 0.842. The van der Waals surface area contributed by atoms with Gasteiger partial charge in [-0.25, -0.2) is 22.5 Å². The summed E-state index contributed by atoms with van der Waals surface area (Å²) in [5.74, 6) is -0.536. The summed E-state index contributed by atoms with van der Waals surface area (Å²) in [7, 11) is -3.66. The molecule has 4 nitrogen and oxygen atoms in total. The summed E-state index contributed by atoms with van der Waals surface area (Å²) in [4.78, 5) is 5.28. The first-order valence-electron chi connectivity index (χ1n) is 7.37. The van der Waals surface area contributed by atoms with Crippen molar-refractivity contribution >= 4 is 44.3 Å². The van der Waals surface area contributed by atoms with E-state index in [1.807, 2.05) is 12.3 Å². The second kappa shape index (κ2) is 7.51. The van der Waals surface area contributed by atoms with E-state index in [-0.39, 0.29) is 15.8 Å². The third-order valence-electron chi connectivity index (χ3n) is 3.42. The van der Waals surface area contributed by atoms with Crippen molar-refractivity contribution in [3.05, 3.63) is 57.8 Å². The molecular formula is C16H14ClFN2O2S3. The number of hydrogen-bond acceptors (Lipinski definition) is 5. The van der Waals surface area contributed by atoms with Gasteiger partial charge in [0.05, 0.1) is 15.6 Å². The van der Waals surface area contributed by atoms with Crippen LogP contribution in [0.2, 0.25) is 5.02 Å². The first-order chi connectivity index (χ1) is 11.9. The van der Waals surface area contributed by atoms with Gasteiger partial charge in [0.2, 0.25) is 10.0 Å². The van der Waals surface area contributed by atoms with Gasteiger partial charge in [-0.1, -0.05) is 24.6 Å². The normalized spacial score (nSPS) is 11.8. The molecule has 132 valence electrons. The monoisotopic (exact) mass is 416 g/mol. The molecule has 2 heterocycles. The van der Waals surface area contributed by atoms with Gasteiger partial charge in [0.15, 0.2) is 0 Å². The number of benzene rings is 1. The highest BCUT2D eigenvalue weighted by Crippen LogP contribution is 2.32. The minimum absolute atomic E-state index is 0.0345. The maximum atomic E-state index is 13.2. The Kier molecular flexibility index (Phi) is 5.55. The zero-order valence-electron chi connectivity index (χ0n) is 13.1. The molecular weight excluding hydrogens is 403 g/mol. The van der Waals surface area contributed by atoms with Crippen LogP contribution in [0.4, 0.5) is 4.39 Å². The van der Waals surface area contributed by atoms with Crippen LogP contribution in [-0.4, -0.2) is 13.4 Å². The van der Waals surface area contributed by atoms with Crippen LogP contribution < -0.4 is 4.72 Å². The molecule has 0 aliphatic carbocycles. The standard InChI is InChI=1S/C16H14ClFN2O2S3/c1-2-11-9-23-16(20-11)14-5-6-15(24-14)25(21,22)19-8-10-3-4-13(18)12(17)7-10/h3-7,9,19H,2,8H2,1H3. The molecule has 1 N–H and O–H groups in total. The summed E-state index contributed by atoms with van der Waals surface area (Å²) in [6, 6.07) is 7.43. The van der Waals surface area contributed by atoms with Crippen molar-refractivity contribution in [1.82, 2.24) is 9.71 Å². The zero-order chi connectivity index (χ0) is 18.0. The molecule has 0 amide bonds. The lowest BCUT2D eigenvalue weighted by molar-refractivity contribution is 0.583. The minimum atomic E-state index is -3.66. The lowest BCUT2D eigenvalue weighted by atomic mass is 10.2. The molecule has 0 bridgehead atoms. The highest BCUT2D eigenvalue weighted by atomic mass is 35.5. The lowest BCUT2D eigenvalue weighted by Crippen LogP contribution is -2.22. The van der Waals surface area contributed by atoms with Gasteiger partial charge in [0.25, 0.3) is 0 Å². The van der Waals surface area contributed by atoms with Crippen molar-refractivity contribution in [2.75, 3.05) is 0 Å². The van der Waals surface area contributed by atoms with Crippen molar-refractivity contribution in [2.24, 2.45) is 0 Å². The summed E-state index contributed by atoms with van der Waals surface area (Å²) in [5, 5.41) is 2.75. The number of aryl methyl sites for hydroxylation is 1. The molecule has 0 unspecified atom stereocenters. The molecule has 9 heteroatoms. The van der Waals surface area contributed by atoms with Crippen molar-refractivity contribution in [1.29, 1.82) is 0 Å². The predicted molar refractivity (Wildman–Crippen MR) is 100 cm³/mol. The van der Waals surface area contributed by atoms with Crippen molar-refractivity contribution < 1.29 is 12.8 Å². The molecule has 0 saturated carbocycles. The van der Waals surface area contributed by atoms with Crippen LogP contribution in [0, 0.1) is 5.82 Å². The maximum Gasteiger partial charge on any atom is 0.250 e. The Morgan fingerprint density at radius 3 is 2.76 bits per heavy atom. The molecule has 2 aromatic heterocycles. The first kappa shape index (κ1) is 18.5. The summed E-state index contributed by atoms with van der Waals surface area (Å²) in [6.45, 7) is 2.06. The predicted octanol–water partition coefficient (Wildman–Crippen LogP) is 4.71. The Bertz CT molecular complexity index is 998. The fourth-order valence-electron chi connectivity index (χ4n) is 2.06. The minimum Gasteiger partial charge on any atom is -0.240 e. The fraction of sp³-hybridized carbons (Fsp3) is 0.188. The average molecular weight is 417 g/mol. The van der Waals surface area contributed by atoms with Gasteiger partial charge in [-0.2, -0.15) is 0 Å². The lowest BCUT2D eigenvalue weighted by Gasteiger charge is -2.05. The van der Waals surface area contributed by atoms with Crippen LogP contribution in [0.5, 0.6) is 0 Å². The van der Waals surface area contributed by atoms with Crippen LogP contribution in [0.15, 0.2) is 39.9 Å². The van der Waals surface area contributed by atoms with Crippen molar-refractivity contribution in [2.45, 2.75) is 24.1 Å². The average Bonchev–Trinajstić information content (AvgIpc) is 3.25. The van der Waals surface area contributed by atoms with E-state index >= 15 is 0 Å². The van der Waals surface area contributed by atoms with Crippen LogP contribution in [0.1, 0.15) is 18.2 Å². The smallest absolute Gasteiger partial charge is 0.240 e. The number of sulfonamides is 1. The topological polar surface area (TPSA) is 59.1 Å². The summed E-state index contributed by atoms with van der Waals surface area (Å²) in [5.41, 5.74) is 1.57. The van der Waals surface area contributed by atoms with Crippen LogP contribution >= 0.6 is 34.3 Å². The number of nitrogens with one attached hydrogen (secondary N) is 1. The van der Waals surface area contributed by atoms with E-state index in [0.717, 1.165) is 22.0 Å². The Morgan fingerprint density at radius 2 is 2.08 bits per heavy atom. The second-order valence-corrected chi connectivity index (χ2v) is 9.53. The van der Waals surface area contributed by atoms with E-state index in [0.29, 0.717) is 5.56 Å². The molecule has 0 saturated heterocycles. The van der Waals surface area contributed by atoms with Gasteiger partial charge >= 0.3 is 0 Å². The van der Waals surface area contributed by atoms with E-state index in [2.05, 4.69) is 9.71 Å². The Hall–Kier alpha value is -1.32. The van der Waals surface area contributed by atoms with Gasteiger partial charge in [0, 0.05) is 11.9 Å². The van der Waals surface area contributed by atoms with Crippen LogP contribution in [0.25, 0.3) is 9.88 Å². The number of thiophene rings is 1. The molecule has 3 rings (SSSR count). The van der Waals surface area contributed by atoms with Crippen molar-refractivity contribution in [3.8, 4) is 9.88 Å². The largest absolute Gasteiger partial charge is 0.250 e. The number of halogens is 2. The molecule has 0 atom stereocenters. The maximum absolute atomic E-state index is 13.2. The van der Waals surface area contributed by atoms with Gasteiger partial charge in [-0.3, -0.25) is 0 Å². The Balaban J connectivity index is 1.75. The second-order valence-electron chi connectivity index (χ2n) is 5.19. The highest BCUT2D eigenvalue weighted by Gasteiger charge is 2.18. The fourth-order valence-corrected chi connectivity index (χ4v) is 5.61. The van der Waals surface area contributed by atoms with E-state index in [4.69, 9.17) is 11.6 Å². The molecule has 25 heavy (non-hydrogen) atoms. The number of rotatable bonds is 6.